The first kappa shape index (κ1) is 20.1. The minimum atomic E-state index is -0.123. The van der Waals surface area contributed by atoms with Gasteiger partial charge in [0, 0.05) is 41.1 Å². The molecule has 3 N–H and O–H groups in total. The van der Waals surface area contributed by atoms with Crippen LogP contribution in [-0.2, 0) is 4.79 Å². The van der Waals surface area contributed by atoms with E-state index in [1.807, 2.05) is 12.1 Å². The van der Waals surface area contributed by atoms with E-state index in [0.29, 0.717) is 13.0 Å². The molecule has 1 aromatic heterocycles. The van der Waals surface area contributed by atoms with Gasteiger partial charge in [0.25, 0.3) is 0 Å². The van der Waals surface area contributed by atoms with E-state index in [1.54, 1.807) is 24.2 Å². The lowest BCUT2D eigenvalue weighted by Crippen LogP contribution is -2.47. The highest BCUT2D eigenvalue weighted by atomic mass is 32.2. The van der Waals surface area contributed by atoms with Gasteiger partial charge in [-0.1, -0.05) is 43.0 Å². The number of amides is 1. The van der Waals surface area contributed by atoms with Gasteiger partial charge in [-0.2, -0.15) is 0 Å². The number of carbonyl (C=O) groups excluding carboxylic acids is 1. The molecule has 3 aromatic rings. The van der Waals surface area contributed by atoms with Crippen molar-refractivity contribution in [2.75, 3.05) is 11.4 Å². The summed E-state index contributed by atoms with van der Waals surface area (Å²) >= 11 is 1.78. The summed E-state index contributed by atoms with van der Waals surface area (Å²) in [5.41, 5.74) is 10.0. The number of hydrogen-bond acceptors (Lipinski definition) is 6. The normalized spacial score (nSPS) is 22.0. The second-order valence-corrected chi connectivity index (χ2v) is 8.97. The third-order valence-electron chi connectivity index (χ3n) is 5.92. The molecule has 2 aromatic carbocycles. The van der Waals surface area contributed by atoms with Gasteiger partial charge in [0.2, 0.25) is 5.91 Å². The zero-order valence-corrected chi connectivity index (χ0v) is 18.1. The molecule has 2 aliphatic rings. The third-order valence-corrected chi connectivity index (χ3v) is 7.05. The van der Waals surface area contributed by atoms with E-state index in [-0.39, 0.29) is 24.0 Å². The fourth-order valence-electron chi connectivity index (χ4n) is 4.24. The molecular weight excluding hydrogens is 406 g/mol. The Morgan fingerprint density at radius 3 is 2.32 bits per heavy atom. The Morgan fingerprint density at radius 2 is 1.65 bits per heavy atom. The molecule has 0 spiro atoms. The standard InChI is InChI=1S/C24H25N5OS/c1-16-23(17-10-13-25-14-11-17)27-28-24(16)26-22(30)12-15-29-18-6-2-4-8-20(18)31-21-9-5-3-7-19(21)29/h2-11,13-14,16,23-24,27-28H,12,15H2,1H3,(H,26,30). The number of anilines is 2. The van der Waals surface area contributed by atoms with Crippen molar-refractivity contribution in [3.63, 3.8) is 0 Å². The van der Waals surface area contributed by atoms with Crippen LogP contribution in [0.15, 0.2) is 82.8 Å². The van der Waals surface area contributed by atoms with Crippen molar-refractivity contribution in [1.29, 1.82) is 0 Å². The number of carbonyl (C=O) groups is 1. The van der Waals surface area contributed by atoms with Crippen molar-refractivity contribution in [2.24, 2.45) is 5.92 Å². The second kappa shape index (κ2) is 8.70. The molecule has 1 amide bonds. The van der Waals surface area contributed by atoms with Crippen LogP contribution in [0, 0.1) is 5.92 Å². The van der Waals surface area contributed by atoms with E-state index in [0.717, 1.165) is 16.9 Å². The maximum Gasteiger partial charge on any atom is 0.223 e. The number of para-hydroxylation sites is 2. The molecule has 0 bridgehead atoms. The Kier molecular flexibility index (Phi) is 5.63. The molecule has 2 aliphatic heterocycles. The van der Waals surface area contributed by atoms with E-state index in [9.17, 15) is 4.79 Å². The van der Waals surface area contributed by atoms with Crippen LogP contribution in [0.3, 0.4) is 0 Å². The Labute approximate surface area is 186 Å². The summed E-state index contributed by atoms with van der Waals surface area (Å²) in [6, 6.07) is 20.9. The zero-order valence-electron chi connectivity index (χ0n) is 17.3. The Morgan fingerprint density at radius 1 is 1.00 bits per heavy atom. The minimum absolute atomic E-state index is 0.0368. The maximum absolute atomic E-state index is 12.8. The molecule has 158 valence electrons. The summed E-state index contributed by atoms with van der Waals surface area (Å²) in [6.45, 7) is 2.76. The number of rotatable bonds is 5. The predicted molar refractivity (Wildman–Crippen MR) is 123 cm³/mol. The predicted octanol–water partition coefficient (Wildman–Crippen LogP) is 4.00. The lowest BCUT2D eigenvalue weighted by molar-refractivity contribution is -0.122. The van der Waals surface area contributed by atoms with Crippen LogP contribution >= 0.6 is 11.8 Å². The molecule has 5 rings (SSSR count). The molecule has 0 radical (unpaired) electrons. The van der Waals surface area contributed by atoms with Crippen LogP contribution in [0.25, 0.3) is 0 Å². The van der Waals surface area contributed by atoms with E-state index >= 15 is 0 Å². The Hall–Kier alpha value is -2.87. The van der Waals surface area contributed by atoms with Gasteiger partial charge in [-0.25, -0.2) is 10.9 Å². The summed E-state index contributed by atoms with van der Waals surface area (Å²) in [7, 11) is 0. The van der Waals surface area contributed by atoms with Crippen molar-refractivity contribution in [1.82, 2.24) is 21.2 Å². The highest BCUT2D eigenvalue weighted by Gasteiger charge is 2.34. The molecule has 3 atom stereocenters. The minimum Gasteiger partial charge on any atom is -0.339 e. The maximum atomic E-state index is 12.8. The molecule has 7 heteroatoms. The van der Waals surface area contributed by atoms with E-state index in [4.69, 9.17) is 0 Å². The van der Waals surface area contributed by atoms with Gasteiger partial charge < -0.3 is 10.2 Å². The van der Waals surface area contributed by atoms with E-state index in [1.165, 1.54) is 9.79 Å². The summed E-state index contributed by atoms with van der Waals surface area (Å²) < 4.78 is 0. The van der Waals surface area contributed by atoms with Crippen LogP contribution < -0.4 is 21.1 Å². The molecule has 6 nitrogen and oxygen atoms in total. The Bertz CT molecular complexity index is 1030. The number of fused-ring (bicyclic) bond motifs is 2. The molecule has 1 fully saturated rings. The first-order chi connectivity index (χ1) is 15.2. The molecule has 0 aliphatic carbocycles. The van der Waals surface area contributed by atoms with Crippen molar-refractivity contribution in [3.05, 3.63) is 78.6 Å². The highest BCUT2D eigenvalue weighted by Crippen LogP contribution is 2.47. The van der Waals surface area contributed by atoms with Crippen molar-refractivity contribution in [2.45, 2.75) is 35.3 Å². The molecule has 0 saturated carbocycles. The Balaban J connectivity index is 1.25. The van der Waals surface area contributed by atoms with Crippen LogP contribution in [0.2, 0.25) is 0 Å². The van der Waals surface area contributed by atoms with Crippen LogP contribution in [-0.4, -0.2) is 23.6 Å². The smallest absolute Gasteiger partial charge is 0.223 e. The number of nitrogens with zero attached hydrogens (tertiary/aromatic N) is 2. The van der Waals surface area contributed by atoms with E-state index in [2.05, 4.69) is 81.5 Å². The average molecular weight is 432 g/mol. The molecule has 1 saturated heterocycles. The van der Waals surface area contributed by atoms with Gasteiger partial charge in [-0.05, 0) is 42.0 Å². The number of pyridine rings is 1. The largest absolute Gasteiger partial charge is 0.339 e. The summed E-state index contributed by atoms with van der Waals surface area (Å²) in [5.74, 6) is 0.244. The van der Waals surface area contributed by atoms with Gasteiger partial charge in [-0.3, -0.25) is 9.78 Å². The topological polar surface area (TPSA) is 69.3 Å². The first-order valence-corrected chi connectivity index (χ1v) is 11.4. The quantitative estimate of drug-likeness (QED) is 0.567. The lowest BCUT2D eigenvalue weighted by Gasteiger charge is -2.32. The number of hydrazine groups is 1. The monoisotopic (exact) mass is 431 g/mol. The fourth-order valence-corrected chi connectivity index (χ4v) is 5.34. The number of hydrogen-bond donors (Lipinski definition) is 3. The second-order valence-electron chi connectivity index (χ2n) is 7.89. The summed E-state index contributed by atoms with van der Waals surface area (Å²) in [4.78, 5) is 21.6. The first-order valence-electron chi connectivity index (χ1n) is 10.5. The average Bonchev–Trinajstić information content (AvgIpc) is 3.17. The zero-order chi connectivity index (χ0) is 21.2. The van der Waals surface area contributed by atoms with Gasteiger partial charge in [-0.15, -0.1) is 0 Å². The van der Waals surface area contributed by atoms with Gasteiger partial charge >= 0.3 is 0 Å². The van der Waals surface area contributed by atoms with Gasteiger partial charge in [0.05, 0.1) is 23.6 Å². The molecular formula is C24H25N5OS. The van der Waals surface area contributed by atoms with Crippen molar-refractivity contribution in [3.8, 4) is 0 Å². The molecule has 3 heterocycles. The number of nitrogens with one attached hydrogen (secondary N) is 3. The molecule has 31 heavy (non-hydrogen) atoms. The van der Waals surface area contributed by atoms with Gasteiger partial charge in [0.1, 0.15) is 0 Å². The summed E-state index contributed by atoms with van der Waals surface area (Å²) in [5, 5.41) is 3.16. The van der Waals surface area contributed by atoms with E-state index < -0.39 is 0 Å². The SMILES string of the molecule is CC1C(NC(=O)CCN2c3ccccc3Sc3ccccc32)NNC1c1ccncc1. The summed E-state index contributed by atoms with van der Waals surface area (Å²) in [6.07, 6.45) is 3.88. The van der Waals surface area contributed by atoms with Crippen molar-refractivity contribution < 1.29 is 4.79 Å². The number of aromatic nitrogens is 1. The van der Waals surface area contributed by atoms with Crippen LogP contribution in [0.1, 0.15) is 24.9 Å². The van der Waals surface area contributed by atoms with Crippen LogP contribution in [0.5, 0.6) is 0 Å². The van der Waals surface area contributed by atoms with Crippen molar-refractivity contribution >= 4 is 29.0 Å². The van der Waals surface area contributed by atoms with Crippen LogP contribution in [0.4, 0.5) is 11.4 Å². The number of benzene rings is 2. The van der Waals surface area contributed by atoms with Gasteiger partial charge in [0.15, 0.2) is 0 Å². The lowest BCUT2D eigenvalue weighted by atomic mass is 9.95. The third kappa shape index (κ3) is 4.04. The fraction of sp³-hybridized carbons (Fsp3) is 0.250. The molecule has 3 unspecified atom stereocenters. The highest BCUT2D eigenvalue weighted by molar-refractivity contribution is 7.99.